The number of imide groups is 1. The molecule has 20 heavy (non-hydrogen) atoms. The summed E-state index contributed by atoms with van der Waals surface area (Å²) in [5, 5.41) is 4.12. The Kier molecular flexibility index (Phi) is 3.07. The van der Waals surface area contributed by atoms with Crippen LogP contribution < -0.4 is 10.7 Å². The molecule has 8 heteroatoms. The summed E-state index contributed by atoms with van der Waals surface area (Å²) < 4.78 is 0.879. The van der Waals surface area contributed by atoms with E-state index in [0.717, 1.165) is 15.1 Å². The fourth-order valence-electron chi connectivity index (χ4n) is 1.87. The molecule has 0 unspecified atom stereocenters. The van der Waals surface area contributed by atoms with Gasteiger partial charge >= 0.3 is 6.03 Å². The van der Waals surface area contributed by atoms with E-state index in [-0.39, 0.29) is 6.54 Å². The van der Waals surface area contributed by atoms with Crippen LogP contribution in [0.5, 0.6) is 0 Å². The molecular formula is C12H8ClN3O3S. The Morgan fingerprint density at radius 3 is 2.75 bits per heavy atom. The monoisotopic (exact) mass is 309 g/mol. The largest absolute Gasteiger partial charge is 0.343 e. The first-order valence-corrected chi connectivity index (χ1v) is 6.85. The van der Waals surface area contributed by atoms with Crippen LogP contribution in [0.15, 0.2) is 24.3 Å². The van der Waals surface area contributed by atoms with E-state index >= 15 is 0 Å². The molecule has 1 aliphatic heterocycles. The van der Waals surface area contributed by atoms with Gasteiger partial charge in [-0.2, -0.15) is 0 Å². The quantitative estimate of drug-likeness (QED) is 0.830. The van der Waals surface area contributed by atoms with Crippen LogP contribution >= 0.6 is 22.9 Å². The lowest BCUT2D eigenvalue weighted by Gasteiger charge is -2.13. The number of carbonyl (C=O) groups is 3. The Labute approximate surface area is 122 Å². The van der Waals surface area contributed by atoms with Crippen molar-refractivity contribution in [2.75, 3.05) is 6.54 Å². The minimum atomic E-state index is -0.652. The van der Waals surface area contributed by atoms with Crippen molar-refractivity contribution in [2.24, 2.45) is 0 Å². The summed E-state index contributed by atoms with van der Waals surface area (Å²) in [6.45, 7) is -0.201. The topological polar surface area (TPSA) is 78.5 Å². The second-order valence-corrected chi connectivity index (χ2v) is 5.55. The van der Waals surface area contributed by atoms with Crippen LogP contribution in [0.1, 0.15) is 9.67 Å². The maximum Gasteiger partial charge on any atom is 0.343 e. The normalized spacial score (nSPS) is 14.8. The van der Waals surface area contributed by atoms with Gasteiger partial charge in [0.1, 0.15) is 11.4 Å². The number of halogens is 1. The fourth-order valence-corrected chi connectivity index (χ4v) is 3.27. The number of urea groups is 1. The van der Waals surface area contributed by atoms with Gasteiger partial charge in [0.05, 0.1) is 5.02 Å². The first-order chi connectivity index (χ1) is 9.56. The zero-order valence-corrected chi connectivity index (χ0v) is 11.5. The molecule has 1 aromatic heterocycles. The number of benzene rings is 1. The van der Waals surface area contributed by atoms with Gasteiger partial charge in [-0.3, -0.25) is 20.3 Å². The highest BCUT2D eigenvalue weighted by molar-refractivity contribution is 7.21. The maximum atomic E-state index is 12.1. The van der Waals surface area contributed by atoms with Crippen molar-refractivity contribution in [3.8, 4) is 0 Å². The van der Waals surface area contributed by atoms with Gasteiger partial charge < -0.3 is 0 Å². The van der Waals surface area contributed by atoms with Gasteiger partial charge in [-0.25, -0.2) is 9.80 Å². The zero-order valence-electron chi connectivity index (χ0n) is 9.97. The molecule has 0 bridgehead atoms. The van der Waals surface area contributed by atoms with Gasteiger partial charge in [0.25, 0.3) is 5.91 Å². The van der Waals surface area contributed by atoms with Crippen LogP contribution in [0.3, 0.4) is 0 Å². The molecule has 0 radical (unpaired) electrons. The molecule has 2 N–H and O–H groups in total. The van der Waals surface area contributed by atoms with Gasteiger partial charge in [-0.05, 0) is 6.07 Å². The average molecular weight is 310 g/mol. The van der Waals surface area contributed by atoms with Crippen molar-refractivity contribution >= 4 is 50.9 Å². The number of rotatable bonds is 2. The second-order valence-electron chi connectivity index (χ2n) is 4.12. The third-order valence-corrected chi connectivity index (χ3v) is 4.45. The summed E-state index contributed by atoms with van der Waals surface area (Å²) in [5.41, 5.74) is 2.36. The van der Waals surface area contributed by atoms with Gasteiger partial charge in [0, 0.05) is 10.1 Å². The van der Waals surface area contributed by atoms with Gasteiger partial charge in [0.2, 0.25) is 5.91 Å². The number of hydrogen-bond acceptors (Lipinski definition) is 4. The highest BCUT2D eigenvalue weighted by atomic mass is 35.5. The lowest BCUT2D eigenvalue weighted by Crippen LogP contribution is -2.43. The maximum absolute atomic E-state index is 12.1. The molecule has 1 aromatic carbocycles. The number of amides is 4. The smallest absolute Gasteiger partial charge is 0.275 e. The van der Waals surface area contributed by atoms with Crippen molar-refractivity contribution in [2.45, 2.75) is 0 Å². The summed E-state index contributed by atoms with van der Waals surface area (Å²) in [7, 11) is 0. The fraction of sp³-hybridized carbons (Fsp3) is 0.0833. The van der Waals surface area contributed by atoms with E-state index in [0.29, 0.717) is 9.90 Å². The number of hydrogen-bond donors (Lipinski definition) is 2. The van der Waals surface area contributed by atoms with Crippen molar-refractivity contribution in [1.29, 1.82) is 0 Å². The average Bonchev–Trinajstić information content (AvgIpc) is 2.91. The standard InChI is InChI=1S/C12H8ClN3O3S/c13-9-6-3-1-2-4-7(6)20-10(9)11(18)15-16-5-8(17)14-12(16)19/h1-4H,5H2,(H,15,18)(H,14,17,19). The van der Waals surface area contributed by atoms with Crippen LogP contribution in [-0.4, -0.2) is 29.4 Å². The highest BCUT2D eigenvalue weighted by Crippen LogP contribution is 2.34. The van der Waals surface area contributed by atoms with E-state index in [9.17, 15) is 14.4 Å². The Hall–Kier alpha value is -2.12. The van der Waals surface area contributed by atoms with Gasteiger partial charge in [-0.1, -0.05) is 29.8 Å². The first-order valence-electron chi connectivity index (χ1n) is 5.65. The Morgan fingerprint density at radius 2 is 2.10 bits per heavy atom. The molecule has 0 atom stereocenters. The third kappa shape index (κ3) is 2.10. The Morgan fingerprint density at radius 1 is 1.35 bits per heavy atom. The van der Waals surface area contributed by atoms with Crippen LogP contribution in [0.2, 0.25) is 5.02 Å². The van der Waals surface area contributed by atoms with Gasteiger partial charge in [0.15, 0.2) is 0 Å². The van der Waals surface area contributed by atoms with Crippen molar-refractivity contribution in [3.05, 3.63) is 34.2 Å². The summed E-state index contributed by atoms with van der Waals surface area (Å²) >= 11 is 7.40. The predicted molar refractivity (Wildman–Crippen MR) is 74.5 cm³/mol. The van der Waals surface area contributed by atoms with Crippen LogP contribution in [0, 0.1) is 0 Å². The number of nitrogens with zero attached hydrogens (tertiary/aromatic N) is 1. The van der Waals surface area contributed by atoms with Crippen molar-refractivity contribution in [3.63, 3.8) is 0 Å². The number of hydrazine groups is 1. The highest BCUT2D eigenvalue weighted by Gasteiger charge is 2.29. The molecule has 1 saturated heterocycles. The zero-order chi connectivity index (χ0) is 14.3. The van der Waals surface area contributed by atoms with Crippen LogP contribution in [-0.2, 0) is 4.79 Å². The van der Waals surface area contributed by atoms with Crippen LogP contribution in [0.25, 0.3) is 10.1 Å². The molecule has 1 fully saturated rings. The van der Waals surface area contributed by atoms with Crippen molar-refractivity contribution < 1.29 is 14.4 Å². The Balaban J connectivity index is 1.88. The molecule has 0 saturated carbocycles. The number of nitrogens with one attached hydrogen (secondary N) is 2. The van der Waals surface area contributed by atoms with Gasteiger partial charge in [-0.15, -0.1) is 11.3 Å². The predicted octanol–water partition coefficient (Wildman–Crippen LogP) is 1.75. The molecule has 2 heterocycles. The lowest BCUT2D eigenvalue weighted by atomic mass is 10.2. The number of fused-ring (bicyclic) bond motifs is 1. The molecular weight excluding hydrogens is 302 g/mol. The number of carbonyl (C=O) groups excluding carboxylic acids is 3. The van der Waals surface area contributed by atoms with E-state index in [1.807, 2.05) is 24.3 Å². The molecule has 3 rings (SSSR count). The van der Waals surface area contributed by atoms with Crippen molar-refractivity contribution in [1.82, 2.24) is 15.8 Å². The van der Waals surface area contributed by atoms with E-state index in [2.05, 4.69) is 10.7 Å². The summed E-state index contributed by atoms with van der Waals surface area (Å²) in [5.74, 6) is -0.973. The molecule has 0 aliphatic carbocycles. The molecule has 0 spiro atoms. The van der Waals surface area contributed by atoms with E-state index in [1.54, 1.807) is 0 Å². The third-order valence-electron chi connectivity index (χ3n) is 2.77. The number of thiophene rings is 1. The minimum absolute atomic E-state index is 0.201. The summed E-state index contributed by atoms with van der Waals surface area (Å²) in [6, 6.07) is 6.70. The molecule has 2 aromatic rings. The minimum Gasteiger partial charge on any atom is -0.275 e. The first kappa shape index (κ1) is 12.9. The second kappa shape index (κ2) is 4.77. The molecule has 4 amide bonds. The molecule has 6 nitrogen and oxygen atoms in total. The summed E-state index contributed by atoms with van der Waals surface area (Å²) in [4.78, 5) is 34.8. The van der Waals surface area contributed by atoms with E-state index in [1.165, 1.54) is 11.3 Å². The van der Waals surface area contributed by atoms with E-state index < -0.39 is 17.8 Å². The van der Waals surface area contributed by atoms with Crippen LogP contribution in [0.4, 0.5) is 4.79 Å². The SMILES string of the molecule is O=C1CN(NC(=O)c2sc3ccccc3c2Cl)C(=O)N1. The molecule has 1 aliphatic rings. The Bertz CT molecular complexity index is 743. The van der Waals surface area contributed by atoms with E-state index in [4.69, 9.17) is 11.6 Å². The summed E-state index contributed by atoms with van der Waals surface area (Å²) in [6.07, 6.45) is 0. The molecule has 102 valence electrons. The lowest BCUT2D eigenvalue weighted by molar-refractivity contribution is -0.118.